The summed E-state index contributed by atoms with van der Waals surface area (Å²) in [6.07, 6.45) is 0.714. The van der Waals surface area contributed by atoms with Crippen molar-refractivity contribution < 1.29 is 38.5 Å². The predicted molar refractivity (Wildman–Crippen MR) is 282 cm³/mol. The SMILES string of the molecule is C.C.C=C(C)C(=O)OCCN=C=O.C=C(C)C(=O)OCCNC(=O)OC(c1ccc(C)cc1)(c1ccc(C)cc1)c1ccc(C)cc1.Cc1ccc(C(O)(c2ccc(C)cc2)c2ccc(C)cc2)cc1. The molecule has 0 bridgehead atoms. The molecule has 0 radical (unpaired) electrons. The minimum atomic E-state index is -1.17. The molecular formula is C60H70N2O8. The first-order chi connectivity index (χ1) is 32.4. The molecule has 0 aromatic heterocycles. The van der Waals surface area contributed by atoms with Crippen LogP contribution in [-0.2, 0) is 39.8 Å². The van der Waals surface area contributed by atoms with Gasteiger partial charge in [-0.2, -0.15) is 0 Å². The Labute approximate surface area is 415 Å². The number of alkyl carbamates (subject to hydrolysis) is 1. The van der Waals surface area contributed by atoms with Crippen LogP contribution in [-0.4, -0.2) is 55.5 Å². The lowest BCUT2D eigenvalue weighted by Gasteiger charge is -2.35. The summed E-state index contributed by atoms with van der Waals surface area (Å²) in [4.78, 5) is 48.0. The number of rotatable bonds is 15. The molecule has 2 N–H and O–H groups in total. The molecule has 70 heavy (non-hydrogen) atoms. The van der Waals surface area contributed by atoms with Crippen LogP contribution in [0.25, 0.3) is 0 Å². The van der Waals surface area contributed by atoms with Crippen LogP contribution in [0, 0.1) is 41.5 Å². The predicted octanol–water partition coefficient (Wildman–Crippen LogP) is 12.4. The van der Waals surface area contributed by atoms with Crippen molar-refractivity contribution >= 4 is 24.1 Å². The molecule has 0 aliphatic rings. The Balaban J connectivity index is 0.000000403. The monoisotopic (exact) mass is 947 g/mol. The van der Waals surface area contributed by atoms with Gasteiger partial charge in [0, 0.05) is 27.8 Å². The quantitative estimate of drug-likeness (QED) is 0.0197. The van der Waals surface area contributed by atoms with E-state index in [2.05, 4.69) is 49.0 Å². The summed E-state index contributed by atoms with van der Waals surface area (Å²) in [6.45, 7) is 22.6. The van der Waals surface area contributed by atoms with Crippen molar-refractivity contribution in [1.29, 1.82) is 0 Å². The van der Waals surface area contributed by atoms with Crippen LogP contribution in [0.3, 0.4) is 0 Å². The van der Waals surface area contributed by atoms with Gasteiger partial charge in [0.25, 0.3) is 0 Å². The summed E-state index contributed by atoms with van der Waals surface area (Å²) in [6, 6.07) is 48.2. The van der Waals surface area contributed by atoms with Crippen LogP contribution in [0.1, 0.15) is 95.5 Å². The standard InChI is InChI=1S/C29H31NO4.C22H22O.C7H9NO3.2CH4/c1-20(2)27(31)33-19-18-30-28(32)34-29(24-12-6-21(3)7-13-24,25-14-8-22(4)9-15-25)26-16-10-23(5)11-17-26;1-16-4-10-19(11-5-16)22(23,20-12-6-17(2)7-13-20)21-14-8-18(3)9-15-21;1-6(2)7(10)11-4-3-8-5-9;;/h6-17H,1,18-19H2,2-5H3,(H,30,32);4-15,23H,1-3H3;1,3-4H2,2H3;2*1H4. The van der Waals surface area contributed by atoms with E-state index in [4.69, 9.17) is 9.47 Å². The van der Waals surface area contributed by atoms with Gasteiger partial charge >= 0.3 is 18.0 Å². The maximum atomic E-state index is 13.1. The fourth-order valence-electron chi connectivity index (χ4n) is 6.87. The molecule has 0 saturated carbocycles. The molecule has 0 spiro atoms. The molecular weight excluding hydrogens is 877 g/mol. The van der Waals surface area contributed by atoms with Crippen molar-refractivity contribution in [1.82, 2.24) is 5.32 Å². The number of esters is 2. The average Bonchev–Trinajstić information content (AvgIpc) is 3.32. The van der Waals surface area contributed by atoms with Crippen molar-refractivity contribution in [3.8, 4) is 0 Å². The third-order valence-electron chi connectivity index (χ3n) is 10.8. The highest BCUT2D eigenvalue weighted by molar-refractivity contribution is 5.87. The van der Waals surface area contributed by atoms with Crippen LogP contribution in [0.4, 0.5) is 4.79 Å². The molecule has 0 heterocycles. The van der Waals surface area contributed by atoms with Crippen LogP contribution < -0.4 is 5.32 Å². The third kappa shape index (κ3) is 16.3. The molecule has 0 aliphatic carbocycles. The second kappa shape index (κ2) is 28.0. The Kier molecular flexibility index (Phi) is 23.4. The third-order valence-corrected chi connectivity index (χ3v) is 10.8. The number of aliphatic imine (C=N–C) groups is 1. The summed E-state index contributed by atoms with van der Waals surface area (Å²) in [7, 11) is 0. The first-order valence-corrected chi connectivity index (χ1v) is 22.2. The number of ether oxygens (including phenoxy) is 3. The first kappa shape index (κ1) is 58.5. The topological polar surface area (TPSA) is 141 Å². The number of aryl methyl sites for hydroxylation is 6. The van der Waals surface area contributed by atoms with Crippen molar-refractivity contribution in [3.05, 3.63) is 237 Å². The molecule has 10 heteroatoms. The van der Waals surface area contributed by atoms with Gasteiger partial charge in [0.1, 0.15) is 18.8 Å². The lowest BCUT2D eigenvalue weighted by atomic mass is 9.79. The second-order valence-corrected chi connectivity index (χ2v) is 16.7. The van der Waals surface area contributed by atoms with Crippen LogP contribution >= 0.6 is 0 Å². The summed E-state index contributed by atoms with van der Waals surface area (Å²) < 4.78 is 15.9. The Morgan fingerprint density at radius 3 is 1.06 bits per heavy atom. The van der Waals surface area contributed by atoms with Gasteiger partial charge in [0.2, 0.25) is 6.08 Å². The molecule has 6 aromatic rings. The van der Waals surface area contributed by atoms with Gasteiger partial charge in [-0.05, 0) is 72.1 Å². The van der Waals surface area contributed by atoms with E-state index in [9.17, 15) is 24.3 Å². The van der Waals surface area contributed by atoms with Crippen LogP contribution in [0.2, 0.25) is 0 Å². The van der Waals surface area contributed by atoms with E-state index in [1.807, 2.05) is 166 Å². The Bertz CT molecular complexity index is 2440. The van der Waals surface area contributed by atoms with E-state index in [0.717, 1.165) is 50.1 Å². The van der Waals surface area contributed by atoms with Gasteiger partial charge in [-0.15, -0.1) is 0 Å². The maximum Gasteiger partial charge on any atom is 0.408 e. The number of benzene rings is 6. The van der Waals surface area contributed by atoms with E-state index < -0.39 is 29.2 Å². The number of hydrogen-bond acceptors (Lipinski definition) is 9. The van der Waals surface area contributed by atoms with Gasteiger partial charge in [0.15, 0.2) is 5.60 Å². The number of nitrogens with zero attached hydrogens (tertiary/aromatic N) is 1. The number of carbonyl (C=O) groups excluding carboxylic acids is 4. The highest BCUT2D eigenvalue weighted by Gasteiger charge is 2.41. The van der Waals surface area contributed by atoms with Crippen molar-refractivity contribution in [2.24, 2.45) is 4.99 Å². The molecule has 0 atom stereocenters. The fourth-order valence-corrected chi connectivity index (χ4v) is 6.87. The average molecular weight is 947 g/mol. The van der Waals surface area contributed by atoms with Crippen LogP contribution in [0.15, 0.2) is 175 Å². The summed E-state index contributed by atoms with van der Waals surface area (Å²) in [5, 5.41) is 14.4. The Morgan fingerprint density at radius 1 is 0.514 bits per heavy atom. The van der Waals surface area contributed by atoms with Gasteiger partial charge in [0.05, 0.1) is 13.1 Å². The van der Waals surface area contributed by atoms with E-state index >= 15 is 0 Å². The smallest absolute Gasteiger partial charge is 0.408 e. The number of isocyanates is 1. The maximum absolute atomic E-state index is 13.1. The van der Waals surface area contributed by atoms with E-state index in [1.165, 1.54) is 22.8 Å². The lowest BCUT2D eigenvalue weighted by Crippen LogP contribution is -2.40. The zero-order chi connectivity index (χ0) is 49.9. The number of aliphatic hydroxyl groups is 1. The number of carbonyl (C=O) groups is 3. The highest BCUT2D eigenvalue weighted by Crippen LogP contribution is 2.41. The number of hydrogen-bond donors (Lipinski definition) is 2. The minimum absolute atomic E-state index is 0. The Morgan fingerprint density at radius 2 is 0.786 bits per heavy atom. The van der Waals surface area contributed by atoms with Crippen molar-refractivity contribution in [2.75, 3.05) is 26.3 Å². The molecule has 0 saturated heterocycles. The molecule has 0 fully saturated rings. The van der Waals surface area contributed by atoms with Gasteiger partial charge in [-0.25, -0.2) is 24.2 Å². The first-order valence-electron chi connectivity index (χ1n) is 22.2. The zero-order valence-corrected chi connectivity index (χ0v) is 40.4. The Hall–Kier alpha value is -7.65. The van der Waals surface area contributed by atoms with E-state index in [0.29, 0.717) is 11.1 Å². The van der Waals surface area contributed by atoms with Gasteiger partial charge < -0.3 is 24.6 Å². The van der Waals surface area contributed by atoms with E-state index in [1.54, 1.807) is 13.8 Å². The summed E-state index contributed by atoms with van der Waals surface area (Å²) >= 11 is 0. The molecule has 1 amide bonds. The number of amides is 1. The second-order valence-electron chi connectivity index (χ2n) is 16.7. The summed E-state index contributed by atoms with van der Waals surface area (Å²) in [5.74, 6) is -0.963. The molecule has 368 valence electrons. The van der Waals surface area contributed by atoms with Crippen molar-refractivity contribution in [3.63, 3.8) is 0 Å². The molecule has 0 unspecified atom stereocenters. The van der Waals surface area contributed by atoms with E-state index in [-0.39, 0.29) is 41.2 Å². The minimum Gasteiger partial charge on any atom is -0.460 e. The summed E-state index contributed by atoms with van der Waals surface area (Å²) in [5.41, 5.74) is 10.3. The molecule has 6 rings (SSSR count). The van der Waals surface area contributed by atoms with Gasteiger partial charge in [-0.1, -0.05) is 207 Å². The highest BCUT2D eigenvalue weighted by atomic mass is 16.6. The normalized spacial score (nSPS) is 10.4. The largest absolute Gasteiger partial charge is 0.460 e. The molecule has 10 nitrogen and oxygen atoms in total. The molecule has 6 aromatic carbocycles. The fraction of sp³-hybridized carbons (Fsp3) is 0.267. The zero-order valence-electron chi connectivity index (χ0n) is 40.4. The van der Waals surface area contributed by atoms with Crippen LogP contribution in [0.5, 0.6) is 0 Å². The van der Waals surface area contributed by atoms with Gasteiger partial charge in [-0.3, -0.25) is 0 Å². The van der Waals surface area contributed by atoms with Crippen molar-refractivity contribution in [2.45, 2.75) is 81.4 Å². The molecule has 0 aliphatic heterocycles. The lowest BCUT2D eigenvalue weighted by molar-refractivity contribution is -0.139. The number of nitrogens with one attached hydrogen (secondary N) is 1.